The van der Waals surface area contributed by atoms with E-state index in [1.165, 1.54) is 0 Å². The van der Waals surface area contributed by atoms with E-state index in [2.05, 4.69) is 0 Å². The van der Waals surface area contributed by atoms with Crippen molar-refractivity contribution in [1.29, 1.82) is 0 Å². The van der Waals surface area contributed by atoms with Gasteiger partial charge in [-0.2, -0.15) is 0 Å². The summed E-state index contributed by atoms with van der Waals surface area (Å²) in [5.41, 5.74) is 2.06. The molecule has 2 rings (SSSR count). The molecule has 1 N–H and O–H groups in total. The van der Waals surface area contributed by atoms with E-state index in [1.807, 2.05) is 32.9 Å². The van der Waals surface area contributed by atoms with Crippen LogP contribution in [0.15, 0.2) is 17.0 Å². The number of carbonyl (C=O) groups excluding carboxylic acids is 1. The lowest BCUT2D eigenvalue weighted by atomic mass is 9.89. The average molecular weight is 308 g/mol. The van der Waals surface area contributed by atoms with E-state index < -0.39 is 21.7 Å². The van der Waals surface area contributed by atoms with Crippen LogP contribution in [0.25, 0.3) is 0 Å². The SMILES string of the molecule is Cc1cc(C)c(S(=O)C2C(=O)CC[C@@H]2C(C)(C)O)c(C)c1. The molecule has 1 saturated carbocycles. The summed E-state index contributed by atoms with van der Waals surface area (Å²) in [7, 11) is -1.41. The van der Waals surface area contributed by atoms with Crippen LogP contribution in [0, 0.1) is 26.7 Å². The van der Waals surface area contributed by atoms with Crippen LogP contribution in [0.4, 0.5) is 0 Å². The van der Waals surface area contributed by atoms with Gasteiger partial charge in [0.05, 0.1) is 16.4 Å². The minimum absolute atomic E-state index is 0.0137. The van der Waals surface area contributed by atoms with Crippen molar-refractivity contribution in [2.75, 3.05) is 0 Å². The molecule has 116 valence electrons. The van der Waals surface area contributed by atoms with Gasteiger partial charge in [-0.3, -0.25) is 9.00 Å². The second-order valence-corrected chi connectivity index (χ2v) is 8.22. The third-order valence-electron chi connectivity index (χ3n) is 4.33. The maximum atomic E-state index is 13.0. The van der Waals surface area contributed by atoms with E-state index in [0.29, 0.717) is 12.8 Å². The Morgan fingerprint density at radius 2 is 1.71 bits per heavy atom. The summed E-state index contributed by atoms with van der Waals surface area (Å²) in [6.45, 7) is 9.29. The minimum Gasteiger partial charge on any atom is -0.390 e. The van der Waals surface area contributed by atoms with Gasteiger partial charge in [-0.15, -0.1) is 0 Å². The number of Topliss-reactive ketones (excluding diaryl/α,β-unsaturated/α-hetero) is 1. The Morgan fingerprint density at radius 1 is 1.19 bits per heavy atom. The molecule has 4 heteroatoms. The summed E-state index contributed by atoms with van der Waals surface area (Å²) in [6.07, 6.45) is 1.03. The van der Waals surface area contributed by atoms with Crippen LogP contribution in [-0.4, -0.2) is 25.9 Å². The fourth-order valence-electron chi connectivity index (χ4n) is 3.42. The quantitative estimate of drug-likeness (QED) is 0.934. The summed E-state index contributed by atoms with van der Waals surface area (Å²) < 4.78 is 13.0. The molecule has 0 amide bonds. The average Bonchev–Trinajstić information content (AvgIpc) is 2.69. The van der Waals surface area contributed by atoms with Gasteiger partial charge in [0.15, 0.2) is 0 Å². The molecule has 21 heavy (non-hydrogen) atoms. The van der Waals surface area contributed by atoms with Gasteiger partial charge in [0, 0.05) is 17.2 Å². The zero-order chi connectivity index (χ0) is 15.9. The largest absolute Gasteiger partial charge is 0.390 e. The molecule has 1 aliphatic rings. The van der Waals surface area contributed by atoms with E-state index in [4.69, 9.17) is 0 Å². The van der Waals surface area contributed by atoms with Crippen LogP contribution in [0.5, 0.6) is 0 Å². The third-order valence-corrected chi connectivity index (χ3v) is 6.43. The Balaban J connectivity index is 2.46. The topological polar surface area (TPSA) is 54.4 Å². The first kappa shape index (κ1) is 16.4. The van der Waals surface area contributed by atoms with Crippen molar-refractivity contribution in [3.8, 4) is 0 Å². The van der Waals surface area contributed by atoms with Gasteiger partial charge >= 0.3 is 0 Å². The van der Waals surface area contributed by atoms with Crippen molar-refractivity contribution in [1.82, 2.24) is 0 Å². The molecule has 1 aromatic rings. The van der Waals surface area contributed by atoms with Crippen molar-refractivity contribution in [2.45, 2.75) is 63.2 Å². The summed E-state index contributed by atoms with van der Waals surface area (Å²) >= 11 is 0. The molecule has 3 atom stereocenters. The number of benzene rings is 1. The highest BCUT2D eigenvalue weighted by Crippen LogP contribution is 2.38. The molecule has 0 aromatic heterocycles. The molecule has 0 bridgehead atoms. The maximum Gasteiger partial charge on any atom is 0.149 e. The number of rotatable bonds is 3. The summed E-state index contributed by atoms with van der Waals surface area (Å²) in [5.74, 6) is -0.231. The second-order valence-electron chi connectivity index (χ2n) is 6.71. The Hall–Kier alpha value is -1.00. The van der Waals surface area contributed by atoms with E-state index in [1.54, 1.807) is 13.8 Å². The van der Waals surface area contributed by atoms with Gasteiger partial charge in [0.2, 0.25) is 0 Å². The number of aliphatic hydroxyl groups is 1. The normalized spacial score (nSPS) is 24.4. The van der Waals surface area contributed by atoms with E-state index >= 15 is 0 Å². The van der Waals surface area contributed by atoms with Crippen LogP contribution in [0.3, 0.4) is 0 Å². The summed E-state index contributed by atoms with van der Waals surface area (Å²) in [5, 5.41) is 9.70. The standard InChI is InChI=1S/C17H24O3S/c1-10-8-11(2)15(12(3)9-10)21(20)16-13(17(4,5)19)6-7-14(16)18/h8-9,13,16,19H,6-7H2,1-5H3/t13-,16?,21?/m0/s1. The van der Waals surface area contributed by atoms with Crippen molar-refractivity contribution in [3.63, 3.8) is 0 Å². The highest BCUT2D eigenvalue weighted by atomic mass is 32.2. The molecule has 0 heterocycles. The first-order chi connectivity index (χ1) is 9.62. The zero-order valence-electron chi connectivity index (χ0n) is 13.4. The molecule has 0 spiro atoms. The number of hydrogen-bond donors (Lipinski definition) is 1. The highest BCUT2D eigenvalue weighted by Gasteiger charge is 2.46. The monoisotopic (exact) mass is 308 g/mol. The maximum absolute atomic E-state index is 13.0. The number of aryl methyl sites for hydroxylation is 3. The Labute approximate surface area is 129 Å². The van der Waals surface area contributed by atoms with Gasteiger partial charge in [0.25, 0.3) is 0 Å². The first-order valence-corrected chi connectivity index (χ1v) is 8.57. The van der Waals surface area contributed by atoms with E-state index in [0.717, 1.165) is 21.6 Å². The van der Waals surface area contributed by atoms with Gasteiger partial charge in [-0.25, -0.2) is 0 Å². The van der Waals surface area contributed by atoms with Crippen LogP contribution in [-0.2, 0) is 15.6 Å². The molecule has 0 radical (unpaired) electrons. The summed E-state index contributed by atoms with van der Waals surface area (Å²) in [6, 6.07) is 4.00. The van der Waals surface area contributed by atoms with Gasteiger partial charge in [0.1, 0.15) is 11.0 Å². The molecule has 0 saturated heterocycles. The fourth-order valence-corrected chi connectivity index (χ4v) is 5.55. The Bertz CT molecular complexity index is 576. The van der Waals surface area contributed by atoms with Crippen molar-refractivity contribution in [2.24, 2.45) is 5.92 Å². The smallest absolute Gasteiger partial charge is 0.149 e. The molecule has 1 aromatic carbocycles. The van der Waals surface area contributed by atoms with E-state index in [-0.39, 0.29) is 11.7 Å². The number of hydrogen-bond acceptors (Lipinski definition) is 3. The third kappa shape index (κ3) is 3.11. The molecule has 1 fully saturated rings. The zero-order valence-corrected chi connectivity index (χ0v) is 14.2. The highest BCUT2D eigenvalue weighted by molar-refractivity contribution is 7.86. The van der Waals surface area contributed by atoms with Crippen molar-refractivity contribution < 1.29 is 14.1 Å². The van der Waals surface area contributed by atoms with Crippen LogP contribution < -0.4 is 0 Å². The lowest BCUT2D eigenvalue weighted by Gasteiger charge is -2.30. The number of ketones is 1. The molecule has 2 unspecified atom stereocenters. The second kappa shape index (κ2) is 5.65. The van der Waals surface area contributed by atoms with Crippen LogP contribution in [0.1, 0.15) is 43.4 Å². The van der Waals surface area contributed by atoms with Crippen molar-refractivity contribution in [3.05, 3.63) is 28.8 Å². The van der Waals surface area contributed by atoms with Crippen molar-refractivity contribution >= 4 is 16.6 Å². The Morgan fingerprint density at radius 3 is 2.19 bits per heavy atom. The lowest BCUT2D eigenvalue weighted by molar-refractivity contribution is -0.117. The molecule has 3 nitrogen and oxygen atoms in total. The molecule has 0 aliphatic heterocycles. The van der Waals surface area contributed by atoms with E-state index in [9.17, 15) is 14.1 Å². The predicted molar refractivity (Wildman–Crippen MR) is 84.9 cm³/mol. The van der Waals surface area contributed by atoms with Crippen LogP contribution >= 0.6 is 0 Å². The first-order valence-electron chi connectivity index (χ1n) is 7.36. The molecular weight excluding hydrogens is 284 g/mol. The summed E-state index contributed by atoms with van der Waals surface area (Å²) in [4.78, 5) is 13.0. The van der Waals surface area contributed by atoms with Crippen LogP contribution in [0.2, 0.25) is 0 Å². The predicted octanol–water partition coefficient (Wildman–Crippen LogP) is 2.84. The van der Waals surface area contributed by atoms with Gasteiger partial charge in [-0.05, 0) is 52.2 Å². The van der Waals surface area contributed by atoms with Gasteiger partial charge < -0.3 is 5.11 Å². The minimum atomic E-state index is -1.41. The number of carbonyl (C=O) groups is 1. The van der Waals surface area contributed by atoms with Gasteiger partial charge in [-0.1, -0.05) is 17.7 Å². The molecular formula is C17H24O3S. The Kier molecular flexibility index (Phi) is 4.41. The fraction of sp³-hybridized carbons (Fsp3) is 0.588. The lowest BCUT2D eigenvalue weighted by Crippen LogP contribution is -2.40. The molecule has 1 aliphatic carbocycles.